The zero-order valence-electron chi connectivity index (χ0n) is 15.6. The van der Waals surface area contributed by atoms with Crippen LogP contribution in [0.15, 0.2) is 24.3 Å². The monoisotopic (exact) mass is 375 g/mol. The molecular weight excluding hydrogens is 342 g/mol. The summed E-state index contributed by atoms with van der Waals surface area (Å²) in [7, 11) is 3.75. The molecule has 1 aromatic carbocycles. The topological polar surface area (TPSA) is 93.6 Å². The number of hydrogen-bond donors (Lipinski definition) is 5. The van der Waals surface area contributed by atoms with Gasteiger partial charge in [0, 0.05) is 11.6 Å². The molecule has 7 heteroatoms. The Balaban J connectivity index is 0. The minimum Gasteiger partial charge on any atom is -0.483 e. The highest BCUT2D eigenvalue weighted by Gasteiger charge is 2.08. The van der Waals surface area contributed by atoms with Crippen molar-refractivity contribution in [2.24, 2.45) is 0 Å². The highest BCUT2D eigenvalue weighted by atomic mass is 35.5. The molecule has 5 N–H and O–H groups in total. The van der Waals surface area contributed by atoms with Crippen molar-refractivity contribution in [3.63, 3.8) is 0 Å². The highest BCUT2D eigenvalue weighted by molar-refractivity contribution is 6.30. The Morgan fingerprint density at radius 3 is 1.80 bits per heavy atom. The number of carboxylic acid groups (broad SMARTS) is 1. The van der Waals surface area contributed by atoms with Gasteiger partial charge in [-0.25, -0.2) is 0 Å². The SMILES string of the molecule is C1CCNC1.CNC.Cc1ccc(Cl)cc1.O=CO.OC1CCNC1. The molecule has 146 valence electrons. The third kappa shape index (κ3) is 22.8. The quantitative estimate of drug-likeness (QED) is 0.445. The summed E-state index contributed by atoms with van der Waals surface area (Å²) in [5, 5.41) is 25.4. The Hall–Kier alpha value is -1.18. The second kappa shape index (κ2) is 20.9. The maximum atomic E-state index is 8.67. The van der Waals surface area contributed by atoms with Crippen LogP contribution in [0.25, 0.3) is 0 Å². The molecule has 0 spiro atoms. The molecule has 0 radical (unpaired) electrons. The molecular formula is C18H34ClN3O3. The molecule has 0 amide bonds. The number of carbonyl (C=O) groups is 1. The van der Waals surface area contributed by atoms with Crippen molar-refractivity contribution >= 4 is 18.1 Å². The fourth-order valence-electron chi connectivity index (χ4n) is 1.80. The Kier molecular flexibility index (Phi) is 21.7. The molecule has 2 aliphatic heterocycles. The van der Waals surface area contributed by atoms with E-state index < -0.39 is 0 Å². The second-order valence-electron chi connectivity index (χ2n) is 5.50. The number of β-amino-alcohol motifs (C(OH)–C–C–N with tert-alkyl or cyclic N) is 1. The van der Waals surface area contributed by atoms with Gasteiger partial charge in [0.15, 0.2) is 0 Å². The van der Waals surface area contributed by atoms with Crippen LogP contribution in [-0.4, -0.2) is 63.1 Å². The van der Waals surface area contributed by atoms with Crippen molar-refractivity contribution in [2.75, 3.05) is 40.3 Å². The van der Waals surface area contributed by atoms with E-state index in [-0.39, 0.29) is 12.6 Å². The number of hydrogen-bond acceptors (Lipinski definition) is 5. The average molecular weight is 376 g/mol. The zero-order valence-corrected chi connectivity index (χ0v) is 16.4. The predicted molar refractivity (Wildman–Crippen MR) is 105 cm³/mol. The number of aliphatic hydroxyl groups is 1. The molecule has 1 atom stereocenters. The largest absolute Gasteiger partial charge is 0.483 e. The van der Waals surface area contributed by atoms with Gasteiger partial charge in [0.2, 0.25) is 0 Å². The lowest BCUT2D eigenvalue weighted by atomic mass is 10.2. The van der Waals surface area contributed by atoms with E-state index in [1.165, 1.54) is 31.5 Å². The summed E-state index contributed by atoms with van der Waals surface area (Å²) in [5.41, 5.74) is 1.24. The first kappa shape index (κ1) is 26.1. The summed E-state index contributed by atoms with van der Waals surface area (Å²) in [6.45, 7) is 6.07. The Morgan fingerprint density at radius 1 is 1.12 bits per heavy atom. The predicted octanol–water partition coefficient (Wildman–Crippen LogP) is 1.90. The van der Waals surface area contributed by atoms with Gasteiger partial charge in [0.05, 0.1) is 6.10 Å². The fraction of sp³-hybridized carbons (Fsp3) is 0.611. The van der Waals surface area contributed by atoms with Crippen molar-refractivity contribution < 1.29 is 15.0 Å². The maximum Gasteiger partial charge on any atom is 0.290 e. The molecule has 0 bridgehead atoms. The van der Waals surface area contributed by atoms with Gasteiger partial charge in [-0.3, -0.25) is 4.79 Å². The summed E-state index contributed by atoms with van der Waals surface area (Å²) in [6, 6.07) is 7.75. The van der Waals surface area contributed by atoms with Crippen LogP contribution in [0.3, 0.4) is 0 Å². The van der Waals surface area contributed by atoms with Crippen molar-refractivity contribution in [2.45, 2.75) is 32.3 Å². The molecule has 0 saturated carbocycles. The molecule has 2 saturated heterocycles. The molecule has 0 aliphatic carbocycles. The average Bonchev–Trinajstić information content (AvgIpc) is 3.29. The third-order valence-electron chi connectivity index (χ3n) is 3.00. The lowest BCUT2D eigenvalue weighted by Gasteiger charge is -1.90. The Labute approximate surface area is 157 Å². The van der Waals surface area contributed by atoms with E-state index in [9.17, 15) is 0 Å². The first-order valence-corrected chi connectivity index (χ1v) is 8.87. The normalized spacial score (nSPS) is 17.2. The van der Waals surface area contributed by atoms with E-state index in [1.54, 1.807) is 0 Å². The molecule has 3 rings (SSSR count). The van der Waals surface area contributed by atoms with Crippen LogP contribution in [0.1, 0.15) is 24.8 Å². The van der Waals surface area contributed by atoms with Gasteiger partial charge in [-0.15, -0.1) is 0 Å². The summed E-state index contributed by atoms with van der Waals surface area (Å²) in [6.07, 6.45) is 3.64. The van der Waals surface area contributed by atoms with Crippen LogP contribution in [-0.2, 0) is 4.79 Å². The standard InChI is InChI=1S/C7H7Cl.C4H9NO.C4H9N.C2H7N.CH2O2/c1-6-2-4-7(8)5-3-6;6-4-1-2-5-3-4;1-2-4-5-3-1;1-3-2;2-1-3/h2-5H,1H3;4-6H,1-3H2;5H,1-4H2;3H,1-2H3;1H,(H,2,3). The van der Waals surface area contributed by atoms with Crippen molar-refractivity contribution in [3.05, 3.63) is 34.9 Å². The number of halogens is 1. The number of rotatable bonds is 0. The summed E-state index contributed by atoms with van der Waals surface area (Å²) in [4.78, 5) is 8.36. The molecule has 0 aromatic heterocycles. The minimum atomic E-state index is -0.250. The number of nitrogens with one attached hydrogen (secondary N) is 3. The molecule has 2 aliphatic rings. The molecule has 2 fully saturated rings. The van der Waals surface area contributed by atoms with Crippen LogP contribution in [0.4, 0.5) is 0 Å². The highest BCUT2D eigenvalue weighted by Crippen LogP contribution is 2.07. The number of aliphatic hydroxyl groups excluding tert-OH is 1. The van der Waals surface area contributed by atoms with Gasteiger partial charge in [0.25, 0.3) is 6.47 Å². The summed E-state index contributed by atoms with van der Waals surface area (Å²) in [5.74, 6) is 0. The van der Waals surface area contributed by atoms with Crippen molar-refractivity contribution in [1.82, 2.24) is 16.0 Å². The lowest BCUT2D eigenvalue weighted by Crippen LogP contribution is -2.11. The van der Waals surface area contributed by atoms with E-state index in [4.69, 9.17) is 26.6 Å². The van der Waals surface area contributed by atoms with Crippen LogP contribution in [0, 0.1) is 6.92 Å². The molecule has 1 unspecified atom stereocenters. The minimum absolute atomic E-state index is 0.0648. The fourth-order valence-corrected chi connectivity index (χ4v) is 1.92. The second-order valence-corrected chi connectivity index (χ2v) is 5.94. The van der Waals surface area contributed by atoms with Crippen molar-refractivity contribution in [3.8, 4) is 0 Å². The molecule has 2 heterocycles. The summed E-state index contributed by atoms with van der Waals surface area (Å²) < 4.78 is 0. The van der Waals surface area contributed by atoms with Crippen LogP contribution < -0.4 is 16.0 Å². The van der Waals surface area contributed by atoms with E-state index in [1.807, 2.05) is 45.3 Å². The third-order valence-corrected chi connectivity index (χ3v) is 3.25. The van der Waals surface area contributed by atoms with Crippen molar-refractivity contribution in [1.29, 1.82) is 0 Å². The van der Waals surface area contributed by atoms with Gasteiger partial charge in [-0.2, -0.15) is 0 Å². The van der Waals surface area contributed by atoms with E-state index in [0.717, 1.165) is 24.5 Å². The first-order valence-electron chi connectivity index (χ1n) is 8.49. The Morgan fingerprint density at radius 2 is 1.60 bits per heavy atom. The zero-order chi connectivity index (χ0) is 19.3. The van der Waals surface area contributed by atoms with Crippen LogP contribution in [0.2, 0.25) is 5.02 Å². The van der Waals surface area contributed by atoms with Gasteiger partial charge < -0.3 is 26.2 Å². The maximum absolute atomic E-state index is 8.67. The molecule has 1 aromatic rings. The van der Waals surface area contributed by atoms with E-state index >= 15 is 0 Å². The lowest BCUT2D eigenvalue weighted by molar-refractivity contribution is -0.122. The van der Waals surface area contributed by atoms with Gasteiger partial charge >= 0.3 is 0 Å². The Bertz CT molecular complexity index is 353. The van der Waals surface area contributed by atoms with Gasteiger partial charge in [0.1, 0.15) is 0 Å². The summed E-state index contributed by atoms with van der Waals surface area (Å²) >= 11 is 5.61. The van der Waals surface area contributed by atoms with Gasteiger partial charge in [-0.1, -0.05) is 29.3 Å². The molecule has 6 nitrogen and oxygen atoms in total. The van der Waals surface area contributed by atoms with E-state index in [2.05, 4.69) is 16.0 Å². The number of aryl methyl sites for hydroxylation is 1. The van der Waals surface area contributed by atoms with Crippen LogP contribution in [0.5, 0.6) is 0 Å². The van der Waals surface area contributed by atoms with E-state index in [0.29, 0.717) is 0 Å². The van der Waals surface area contributed by atoms with Crippen LogP contribution >= 0.6 is 11.6 Å². The number of benzene rings is 1. The molecule has 25 heavy (non-hydrogen) atoms. The first-order chi connectivity index (χ1) is 12.0. The smallest absolute Gasteiger partial charge is 0.290 e. The van der Waals surface area contributed by atoms with Gasteiger partial charge in [-0.05, 0) is 72.0 Å².